The van der Waals surface area contributed by atoms with Gasteiger partial charge in [0.2, 0.25) is 5.91 Å². The highest BCUT2D eigenvalue weighted by Gasteiger charge is 2.40. The van der Waals surface area contributed by atoms with Crippen LogP contribution >= 0.6 is 0 Å². The van der Waals surface area contributed by atoms with E-state index in [2.05, 4.69) is 0 Å². The maximum Gasteiger partial charge on any atom is 0.235 e. The number of carbonyl (C=O) groups is 1. The molecule has 0 aromatic rings. The second kappa shape index (κ2) is 3.52. The van der Waals surface area contributed by atoms with Crippen molar-refractivity contribution in [3.8, 4) is 0 Å². The van der Waals surface area contributed by atoms with Gasteiger partial charge in [0.05, 0.1) is 0 Å². The molecule has 0 saturated heterocycles. The summed E-state index contributed by atoms with van der Waals surface area (Å²) in [4.78, 5) is 12.9. The third kappa shape index (κ3) is 1.69. The van der Waals surface area contributed by atoms with E-state index in [0.717, 1.165) is 6.08 Å². The molecule has 0 radical (unpaired) electrons. The fourth-order valence-corrected chi connectivity index (χ4v) is 1.42. The summed E-state index contributed by atoms with van der Waals surface area (Å²) in [6, 6.07) is 0. The summed E-state index contributed by atoms with van der Waals surface area (Å²) in [5, 5.41) is 0. The Labute approximate surface area is 81.9 Å². The first-order chi connectivity index (χ1) is 6.38. The maximum absolute atomic E-state index is 13.4. The van der Waals surface area contributed by atoms with Gasteiger partial charge in [0.25, 0.3) is 0 Å². The Hall–Kier alpha value is -1.19. The van der Waals surface area contributed by atoms with Crippen molar-refractivity contribution in [1.29, 1.82) is 0 Å². The van der Waals surface area contributed by atoms with E-state index < -0.39 is 17.1 Å². The second-order valence-electron chi connectivity index (χ2n) is 3.82. The summed E-state index contributed by atoms with van der Waals surface area (Å²) in [5.41, 5.74) is -1.24. The lowest BCUT2D eigenvalue weighted by Gasteiger charge is -2.30. The van der Waals surface area contributed by atoms with Gasteiger partial charge in [0.15, 0.2) is 0 Å². The molecule has 1 atom stereocenters. The first-order valence-electron chi connectivity index (χ1n) is 4.33. The van der Waals surface area contributed by atoms with Crippen LogP contribution in [0.25, 0.3) is 0 Å². The van der Waals surface area contributed by atoms with E-state index in [1.165, 1.54) is 17.9 Å². The number of nitrogens with zero attached hydrogens (tertiary/aromatic N) is 1. The largest absolute Gasteiger partial charge is 0.348 e. The lowest BCUT2D eigenvalue weighted by molar-refractivity contribution is -0.137. The predicted octanol–water partition coefficient (Wildman–Crippen LogP) is 2.19. The van der Waals surface area contributed by atoms with Gasteiger partial charge in [-0.05, 0) is 19.4 Å². The number of rotatable bonds is 1. The minimum absolute atomic E-state index is 0.0676. The average molecular weight is 201 g/mol. The van der Waals surface area contributed by atoms with Crippen molar-refractivity contribution in [2.45, 2.75) is 13.3 Å². The minimum atomic E-state index is -1.24. The lowest BCUT2D eigenvalue weighted by Crippen LogP contribution is -2.39. The van der Waals surface area contributed by atoms with Crippen LogP contribution in [0.5, 0.6) is 0 Å². The van der Waals surface area contributed by atoms with E-state index in [4.69, 9.17) is 0 Å². The molecule has 0 saturated carbocycles. The standard InChI is InChI=1S/C10H13F2NO/c1-10(9(14)13(2)3)5-4-7(11)6-8(10)12/h4,6H,5H2,1-3H3. The number of carbonyl (C=O) groups excluding carboxylic acids is 1. The lowest BCUT2D eigenvalue weighted by atomic mass is 9.81. The fraction of sp³-hybridized carbons (Fsp3) is 0.500. The van der Waals surface area contributed by atoms with E-state index in [9.17, 15) is 13.6 Å². The summed E-state index contributed by atoms with van der Waals surface area (Å²) in [5.74, 6) is -1.68. The molecule has 78 valence electrons. The SMILES string of the molecule is CN(C)C(=O)C1(C)CC=C(F)C=C1F. The third-order valence-electron chi connectivity index (χ3n) is 2.38. The van der Waals surface area contributed by atoms with Gasteiger partial charge in [-0.1, -0.05) is 0 Å². The molecule has 0 aromatic carbocycles. The first-order valence-corrected chi connectivity index (χ1v) is 4.33. The zero-order valence-electron chi connectivity index (χ0n) is 8.47. The molecule has 0 spiro atoms. The van der Waals surface area contributed by atoms with Crippen molar-refractivity contribution >= 4 is 5.91 Å². The molecule has 1 aliphatic rings. The Bertz CT molecular complexity index is 320. The molecular weight excluding hydrogens is 188 g/mol. The van der Waals surface area contributed by atoms with Crippen molar-refractivity contribution in [2.24, 2.45) is 5.41 Å². The number of hydrogen-bond acceptors (Lipinski definition) is 1. The van der Waals surface area contributed by atoms with Gasteiger partial charge in [0.1, 0.15) is 17.1 Å². The monoisotopic (exact) mass is 201 g/mol. The van der Waals surface area contributed by atoms with Crippen molar-refractivity contribution in [1.82, 2.24) is 4.90 Å². The summed E-state index contributed by atoms with van der Waals surface area (Å²) in [6.45, 7) is 1.48. The molecule has 0 bridgehead atoms. The van der Waals surface area contributed by atoms with Gasteiger partial charge < -0.3 is 4.90 Å². The molecule has 0 N–H and O–H groups in total. The molecule has 0 aromatic heterocycles. The van der Waals surface area contributed by atoms with Crippen LogP contribution < -0.4 is 0 Å². The Balaban J connectivity index is 2.99. The van der Waals surface area contributed by atoms with Crippen molar-refractivity contribution in [2.75, 3.05) is 14.1 Å². The molecule has 1 aliphatic carbocycles. The Morgan fingerprint density at radius 3 is 2.50 bits per heavy atom. The number of allylic oxidation sites excluding steroid dienone is 3. The highest BCUT2D eigenvalue weighted by Crippen LogP contribution is 2.38. The molecular formula is C10H13F2NO. The highest BCUT2D eigenvalue weighted by molar-refractivity contribution is 5.85. The zero-order chi connectivity index (χ0) is 10.9. The van der Waals surface area contributed by atoms with Crippen LogP contribution in [0.1, 0.15) is 13.3 Å². The molecule has 1 amide bonds. The van der Waals surface area contributed by atoms with Gasteiger partial charge in [-0.3, -0.25) is 4.79 Å². The van der Waals surface area contributed by atoms with E-state index >= 15 is 0 Å². The van der Waals surface area contributed by atoms with E-state index in [0.29, 0.717) is 0 Å². The van der Waals surface area contributed by atoms with Crippen molar-refractivity contribution in [3.63, 3.8) is 0 Å². The number of halogens is 2. The van der Waals surface area contributed by atoms with Crippen LogP contribution in [0.2, 0.25) is 0 Å². The smallest absolute Gasteiger partial charge is 0.235 e. The molecule has 2 nitrogen and oxygen atoms in total. The molecule has 1 rings (SSSR count). The van der Waals surface area contributed by atoms with Crippen LogP contribution in [0.4, 0.5) is 8.78 Å². The van der Waals surface area contributed by atoms with E-state index in [1.807, 2.05) is 0 Å². The molecule has 14 heavy (non-hydrogen) atoms. The van der Waals surface area contributed by atoms with Gasteiger partial charge in [-0.15, -0.1) is 0 Å². The van der Waals surface area contributed by atoms with Crippen LogP contribution in [0.3, 0.4) is 0 Å². The minimum Gasteiger partial charge on any atom is -0.348 e. The van der Waals surface area contributed by atoms with Gasteiger partial charge >= 0.3 is 0 Å². The molecule has 1 unspecified atom stereocenters. The number of hydrogen-bond donors (Lipinski definition) is 0. The molecule has 0 fully saturated rings. The van der Waals surface area contributed by atoms with Gasteiger partial charge in [0, 0.05) is 20.2 Å². The first kappa shape index (κ1) is 10.9. The summed E-state index contributed by atoms with van der Waals surface area (Å²) < 4.78 is 26.1. The average Bonchev–Trinajstić information content (AvgIpc) is 2.10. The Morgan fingerprint density at radius 2 is 2.07 bits per heavy atom. The maximum atomic E-state index is 13.4. The second-order valence-corrected chi connectivity index (χ2v) is 3.82. The van der Waals surface area contributed by atoms with E-state index in [1.54, 1.807) is 14.1 Å². The summed E-state index contributed by atoms with van der Waals surface area (Å²) >= 11 is 0. The highest BCUT2D eigenvalue weighted by atomic mass is 19.1. The Morgan fingerprint density at radius 1 is 1.50 bits per heavy atom. The van der Waals surface area contributed by atoms with Crippen molar-refractivity contribution in [3.05, 3.63) is 23.8 Å². The quantitative estimate of drug-likeness (QED) is 0.636. The van der Waals surface area contributed by atoms with E-state index in [-0.39, 0.29) is 12.3 Å². The predicted molar refractivity (Wildman–Crippen MR) is 49.8 cm³/mol. The van der Waals surface area contributed by atoms with Crippen LogP contribution in [0, 0.1) is 5.41 Å². The van der Waals surface area contributed by atoms with Gasteiger partial charge in [-0.2, -0.15) is 0 Å². The Kier molecular flexibility index (Phi) is 2.73. The zero-order valence-corrected chi connectivity index (χ0v) is 8.47. The normalized spacial score (nSPS) is 26.6. The van der Waals surface area contributed by atoms with Crippen molar-refractivity contribution < 1.29 is 13.6 Å². The third-order valence-corrected chi connectivity index (χ3v) is 2.38. The molecule has 0 aliphatic heterocycles. The van der Waals surface area contributed by atoms with Crippen LogP contribution in [-0.2, 0) is 4.79 Å². The fourth-order valence-electron chi connectivity index (χ4n) is 1.42. The summed E-state index contributed by atoms with van der Waals surface area (Å²) in [7, 11) is 3.10. The summed E-state index contributed by atoms with van der Waals surface area (Å²) in [6.07, 6.45) is 2.06. The van der Waals surface area contributed by atoms with Crippen LogP contribution in [0.15, 0.2) is 23.8 Å². The van der Waals surface area contributed by atoms with Gasteiger partial charge in [-0.25, -0.2) is 8.78 Å². The molecule has 4 heteroatoms. The molecule has 0 heterocycles. The van der Waals surface area contributed by atoms with Crippen LogP contribution in [-0.4, -0.2) is 24.9 Å². The topological polar surface area (TPSA) is 20.3 Å². The number of amides is 1.